The topological polar surface area (TPSA) is 62.6 Å². The van der Waals surface area contributed by atoms with Crippen molar-refractivity contribution in [3.05, 3.63) is 0 Å². The second-order valence-electron chi connectivity index (χ2n) is 7.59. The zero-order valence-corrected chi connectivity index (χ0v) is 14.1. The first-order chi connectivity index (χ1) is 9.59. The Labute approximate surface area is 128 Å². The lowest BCUT2D eigenvalue weighted by atomic mass is 9.86. The molecule has 21 heavy (non-hydrogen) atoms. The van der Waals surface area contributed by atoms with Gasteiger partial charge in [-0.1, -0.05) is 13.8 Å². The normalized spacial score (nSPS) is 23.0. The molecule has 120 valence electrons. The van der Waals surface area contributed by atoms with Crippen molar-refractivity contribution in [2.45, 2.75) is 71.6 Å². The van der Waals surface area contributed by atoms with Gasteiger partial charge in [0.25, 0.3) is 0 Å². The van der Waals surface area contributed by atoms with Gasteiger partial charge in [-0.05, 0) is 45.4 Å². The first kappa shape index (κ1) is 17.8. The van der Waals surface area contributed by atoms with E-state index in [4.69, 9.17) is 9.47 Å². The maximum atomic E-state index is 12.2. The fourth-order valence-corrected chi connectivity index (χ4v) is 2.92. The van der Waals surface area contributed by atoms with Crippen molar-refractivity contribution in [3.8, 4) is 6.19 Å². The minimum atomic E-state index is -0.522. The summed E-state index contributed by atoms with van der Waals surface area (Å²) in [5, 5.41) is 9.42. The maximum absolute atomic E-state index is 12.2. The molecular weight excluding hydrogens is 268 g/mol. The molecule has 0 aromatic heterocycles. The number of esters is 1. The number of hydrogen-bond acceptors (Lipinski definition) is 5. The molecule has 2 atom stereocenters. The summed E-state index contributed by atoms with van der Waals surface area (Å²) in [5.74, 6) is -0.295. The van der Waals surface area contributed by atoms with E-state index < -0.39 is 11.6 Å². The smallest absolute Gasteiger partial charge is 0.330 e. The summed E-state index contributed by atoms with van der Waals surface area (Å²) in [6.07, 6.45) is 4.53. The Morgan fingerprint density at radius 2 is 1.90 bits per heavy atom. The van der Waals surface area contributed by atoms with Crippen LogP contribution in [0, 0.1) is 16.9 Å². The van der Waals surface area contributed by atoms with Crippen LogP contribution in [-0.4, -0.2) is 42.3 Å². The van der Waals surface area contributed by atoms with E-state index in [0.717, 1.165) is 12.8 Å². The third-order valence-corrected chi connectivity index (χ3v) is 3.62. The molecule has 1 saturated heterocycles. The summed E-state index contributed by atoms with van der Waals surface area (Å²) >= 11 is 0. The van der Waals surface area contributed by atoms with Crippen LogP contribution in [0.1, 0.15) is 53.9 Å². The molecule has 0 spiro atoms. The molecular formula is C16H28N2O3. The van der Waals surface area contributed by atoms with Crippen molar-refractivity contribution in [1.29, 1.82) is 5.26 Å². The van der Waals surface area contributed by atoms with Gasteiger partial charge in [0, 0.05) is 13.2 Å². The van der Waals surface area contributed by atoms with Crippen molar-refractivity contribution in [3.63, 3.8) is 0 Å². The number of likely N-dealkylation sites (tertiary alicyclic amines) is 1. The maximum Gasteiger partial charge on any atom is 0.330 e. The Kier molecular flexibility index (Phi) is 5.63. The van der Waals surface area contributed by atoms with Crippen LogP contribution in [-0.2, 0) is 14.3 Å². The lowest BCUT2D eigenvalue weighted by molar-refractivity contribution is -0.159. The summed E-state index contributed by atoms with van der Waals surface area (Å²) < 4.78 is 10.7. The van der Waals surface area contributed by atoms with Crippen molar-refractivity contribution < 1.29 is 14.3 Å². The highest BCUT2D eigenvalue weighted by Gasteiger charge is 2.41. The van der Waals surface area contributed by atoms with Gasteiger partial charge in [0.2, 0.25) is 0 Å². The molecule has 1 rings (SSSR count). The number of carbonyl (C=O) groups is 1. The highest BCUT2D eigenvalue weighted by Crippen LogP contribution is 2.34. The molecule has 1 aliphatic heterocycles. The predicted octanol–water partition coefficient (Wildman–Crippen LogP) is 2.70. The third kappa shape index (κ3) is 5.20. The summed E-state index contributed by atoms with van der Waals surface area (Å²) in [5.41, 5.74) is -0.539. The van der Waals surface area contributed by atoms with Crippen molar-refractivity contribution in [2.75, 3.05) is 13.7 Å². The first-order valence-corrected chi connectivity index (χ1v) is 7.49. The molecule has 0 N–H and O–H groups in total. The Balaban J connectivity index is 2.73. The van der Waals surface area contributed by atoms with Crippen LogP contribution in [0.15, 0.2) is 0 Å². The van der Waals surface area contributed by atoms with E-state index in [1.807, 2.05) is 20.8 Å². The van der Waals surface area contributed by atoms with Gasteiger partial charge < -0.3 is 9.47 Å². The van der Waals surface area contributed by atoms with Gasteiger partial charge in [0.05, 0.1) is 6.61 Å². The first-order valence-electron chi connectivity index (χ1n) is 7.49. The average Bonchev–Trinajstić information content (AvgIpc) is 2.68. The van der Waals surface area contributed by atoms with E-state index in [9.17, 15) is 10.1 Å². The molecule has 0 amide bonds. The van der Waals surface area contributed by atoms with Crippen molar-refractivity contribution in [2.24, 2.45) is 5.41 Å². The van der Waals surface area contributed by atoms with E-state index in [-0.39, 0.29) is 17.4 Å². The zero-order valence-electron chi connectivity index (χ0n) is 14.1. The molecule has 0 aromatic carbocycles. The van der Waals surface area contributed by atoms with E-state index in [1.165, 1.54) is 0 Å². The van der Waals surface area contributed by atoms with E-state index in [2.05, 4.69) is 20.0 Å². The van der Waals surface area contributed by atoms with Gasteiger partial charge in [0.15, 0.2) is 6.19 Å². The predicted molar refractivity (Wildman–Crippen MR) is 80.4 cm³/mol. The molecule has 0 radical (unpaired) electrons. The molecule has 1 fully saturated rings. The molecule has 0 aliphatic carbocycles. The molecule has 2 unspecified atom stereocenters. The fourth-order valence-electron chi connectivity index (χ4n) is 2.92. The molecule has 1 aliphatic rings. The Morgan fingerprint density at radius 3 is 2.38 bits per heavy atom. The standard InChI is InChI=1S/C16H28N2O3/c1-15(2,3)21-14(19)13-8-7-12(18(13)11-17)9-16(4,5)10-20-6/h12-13H,7-10H2,1-6H3. The van der Waals surface area contributed by atoms with Crippen LogP contribution in [0.5, 0.6) is 0 Å². The van der Waals surface area contributed by atoms with Crippen LogP contribution in [0.3, 0.4) is 0 Å². The molecule has 5 nitrogen and oxygen atoms in total. The van der Waals surface area contributed by atoms with E-state index in [1.54, 1.807) is 12.0 Å². The SMILES string of the molecule is COCC(C)(C)CC1CCC(C(=O)OC(C)(C)C)N1C#N. The van der Waals surface area contributed by atoms with Gasteiger partial charge in [-0.25, -0.2) is 4.79 Å². The Hall–Kier alpha value is -1.28. The average molecular weight is 296 g/mol. The number of ether oxygens (including phenoxy) is 2. The number of hydrogen-bond donors (Lipinski definition) is 0. The molecule has 0 bridgehead atoms. The minimum Gasteiger partial charge on any atom is -0.458 e. The number of nitrogens with zero attached hydrogens (tertiary/aromatic N) is 2. The van der Waals surface area contributed by atoms with Gasteiger partial charge in [-0.3, -0.25) is 4.90 Å². The Morgan fingerprint density at radius 1 is 1.29 bits per heavy atom. The lowest BCUT2D eigenvalue weighted by Gasteiger charge is -2.32. The second kappa shape index (κ2) is 6.65. The molecule has 0 saturated carbocycles. The lowest BCUT2D eigenvalue weighted by Crippen LogP contribution is -2.42. The van der Waals surface area contributed by atoms with Crippen LogP contribution in [0.25, 0.3) is 0 Å². The van der Waals surface area contributed by atoms with Crippen LogP contribution >= 0.6 is 0 Å². The van der Waals surface area contributed by atoms with Crippen molar-refractivity contribution >= 4 is 5.97 Å². The van der Waals surface area contributed by atoms with Crippen LogP contribution < -0.4 is 0 Å². The van der Waals surface area contributed by atoms with Gasteiger partial charge in [-0.2, -0.15) is 5.26 Å². The number of carbonyl (C=O) groups excluding carboxylic acids is 1. The fraction of sp³-hybridized carbons (Fsp3) is 0.875. The minimum absolute atomic E-state index is 0.0165. The van der Waals surface area contributed by atoms with E-state index in [0.29, 0.717) is 13.0 Å². The van der Waals surface area contributed by atoms with Gasteiger partial charge in [0.1, 0.15) is 11.6 Å². The quantitative estimate of drug-likeness (QED) is 0.576. The second-order valence-corrected chi connectivity index (χ2v) is 7.59. The summed E-state index contributed by atoms with van der Waals surface area (Å²) in [6, 6.07) is -0.366. The van der Waals surface area contributed by atoms with Gasteiger partial charge >= 0.3 is 5.97 Å². The molecule has 1 heterocycles. The summed E-state index contributed by atoms with van der Waals surface area (Å²) in [6.45, 7) is 10.4. The molecule has 0 aromatic rings. The van der Waals surface area contributed by atoms with Gasteiger partial charge in [-0.15, -0.1) is 0 Å². The van der Waals surface area contributed by atoms with Crippen LogP contribution in [0.4, 0.5) is 0 Å². The monoisotopic (exact) mass is 296 g/mol. The number of nitriles is 1. The highest BCUT2D eigenvalue weighted by atomic mass is 16.6. The zero-order chi connectivity index (χ0) is 16.3. The summed E-state index contributed by atoms with van der Waals surface area (Å²) in [7, 11) is 1.68. The largest absolute Gasteiger partial charge is 0.458 e. The number of methoxy groups -OCH3 is 1. The third-order valence-electron chi connectivity index (χ3n) is 3.62. The Bertz CT molecular complexity index is 407. The van der Waals surface area contributed by atoms with Crippen molar-refractivity contribution in [1.82, 2.24) is 4.90 Å². The molecule has 5 heteroatoms. The number of rotatable bonds is 5. The van der Waals surface area contributed by atoms with E-state index >= 15 is 0 Å². The summed E-state index contributed by atoms with van der Waals surface area (Å²) in [4.78, 5) is 13.8. The highest BCUT2D eigenvalue weighted by molar-refractivity contribution is 5.77. The van der Waals surface area contributed by atoms with Crippen LogP contribution in [0.2, 0.25) is 0 Å².